The zero-order valence-electron chi connectivity index (χ0n) is 11.7. The summed E-state index contributed by atoms with van der Waals surface area (Å²) in [4.78, 5) is 8.61. The number of hydrogen-bond acceptors (Lipinski definition) is 5. The van der Waals surface area contributed by atoms with Crippen LogP contribution in [0, 0.1) is 6.92 Å². The molecule has 0 aliphatic rings. The number of hydrogen-bond donors (Lipinski definition) is 2. The predicted molar refractivity (Wildman–Crippen MR) is 72.0 cm³/mol. The Bertz CT molecular complexity index is 378. The molecule has 0 spiro atoms. The Hall–Kier alpha value is -1.36. The highest BCUT2D eigenvalue weighted by Gasteiger charge is 2.22. The summed E-state index contributed by atoms with van der Waals surface area (Å²) in [6.07, 6.45) is 1.72. The van der Waals surface area contributed by atoms with Gasteiger partial charge in [-0.2, -0.15) is 4.98 Å². The first-order valence-electron chi connectivity index (χ1n) is 6.40. The van der Waals surface area contributed by atoms with Crippen LogP contribution >= 0.6 is 0 Å². The number of rotatable bonds is 7. The van der Waals surface area contributed by atoms with Crippen molar-refractivity contribution in [3.8, 4) is 5.88 Å². The summed E-state index contributed by atoms with van der Waals surface area (Å²) >= 11 is 0. The normalized spacial score (nSPS) is 14.1. The summed E-state index contributed by atoms with van der Waals surface area (Å²) in [6, 6.07) is 1.81. The van der Waals surface area contributed by atoms with E-state index in [1.54, 1.807) is 0 Å². The molecule has 102 valence electrons. The molecule has 0 aliphatic carbocycles. The van der Waals surface area contributed by atoms with Crippen molar-refractivity contribution in [3.63, 3.8) is 0 Å². The second-order valence-electron chi connectivity index (χ2n) is 4.72. The lowest BCUT2D eigenvalue weighted by atomic mass is 10.0. The van der Waals surface area contributed by atoms with Gasteiger partial charge in [0.05, 0.1) is 18.8 Å². The number of aliphatic hydroxyl groups is 1. The van der Waals surface area contributed by atoms with E-state index in [0.717, 1.165) is 18.5 Å². The zero-order chi connectivity index (χ0) is 13.6. The molecule has 0 aliphatic heterocycles. The minimum atomic E-state index is -0.407. The average molecular weight is 253 g/mol. The van der Waals surface area contributed by atoms with Crippen LogP contribution in [0.4, 0.5) is 5.95 Å². The monoisotopic (exact) mass is 253 g/mol. The van der Waals surface area contributed by atoms with E-state index in [0.29, 0.717) is 18.4 Å². The number of aliphatic hydroxyl groups excluding tert-OH is 1. The van der Waals surface area contributed by atoms with E-state index in [4.69, 9.17) is 4.74 Å². The first kappa shape index (κ1) is 14.7. The maximum atomic E-state index is 9.38. The van der Waals surface area contributed by atoms with Gasteiger partial charge in [-0.1, -0.05) is 13.8 Å². The van der Waals surface area contributed by atoms with Crippen molar-refractivity contribution in [2.45, 2.75) is 46.1 Å². The maximum Gasteiger partial charge on any atom is 0.226 e. The van der Waals surface area contributed by atoms with Crippen molar-refractivity contribution in [2.75, 3.05) is 18.5 Å². The number of anilines is 1. The molecule has 1 rings (SSSR count). The summed E-state index contributed by atoms with van der Waals surface area (Å²) in [5.41, 5.74) is 0.436. The van der Waals surface area contributed by atoms with Gasteiger partial charge in [-0.15, -0.1) is 0 Å². The van der Waals surface area contributed by atoms with E-state index in [9.17, 15) is 5.11 Å². The molecule has 18 heavy (non-hydrogen) atoms. The Morgan fingerprint density at radius 3 is 2.67 bits per heavy atom. The van der Waals surface area contributed by atoms with Crippen LogP contribution in [0.5, 0.6) is 5.88 Å². The van der Waals surface area contributed by atoms with Gasteiger partial charge < -0.3 is 15.2 Å². The first-order chi connectivity index (χ1) is 8.53. The quantitative estimate of drug-likeness (QED) is 0.779. The SMILES string of the molecule is CCCOc1cc(C)nc(NC(C)(CC)CO)n1. The first-order valence-corrected chi connectivity index (χ1v) is 6.40. The number of nitrogens with zero attached hydrogens (tertiary/aromatic N) is 2. The lowest BCUT2D eigenvalue weighted by Crippen LogP contribution is -2.38. The van der Waals surface area contributed by atoms with Gasteiger partial charge in [-0.25, -0.2) is 4.98 Å². The Morgan fingerprint density at radius 2 is 2.11 bits per heavy atom. The molecule has 5 nitrogen and oxygen atoms in total. The fourth-order valence-electron chi connectivity index (χ4n) is 1.39. The van der Waals surface area contributed by atoms with Gasteiger partial charge in [0.1, 0.15) is 0 Å². The van der Waals surface area contributed by atoms with Gasteiger partial charge in [0.25, 0.3) is 0 Å². The van der Waals surface area contributed by atoms with Gasteiger partial charge in [0.15, 0.2) is 0 Å². The average Bonchev–Trinajstić information content (AvgIpc) is 2.35. The Morgan fingerprint density at radius 1 is 1.39 bits per heavy atom. The number of nitrogens with one attached hydrogen (secondary N) is 1. The fraction of sp³-hybridized carbons (Fsp3) is 0.692. The van der Waals surface area contributed by atoms with Crippen molar-refractivity contribution in [3.05, 3.63) is 11.8 Å². The molecule has 2 N–H and O–H groups in total. The van der Waals surface area contributed by atoms with Crippen molar-refractivity contribution in [1.29, 1.82) is 0 Å². The highest BCUT2D eigenvalue weighted by atomic mass is 16.5. The van der Waals surface area contributed by atoms with Crippen LogP contribution in [0.3, 0.4) is 0 Å². The van der Waals surface area contributed by atoms with Crippen LogP contribution in [0.2, 0.25) is 0 Å². The summed E-state index contributed by atoms with van der Waals surface area (Å²) in [6.45, 7) is 8.56. The van der Waals surface area contributed by atoms with E-state index in [1.165, 1.54) is 0 Å². The Kier molecular flexibility index (Phi) is 5.34. The van der Waals surface area contributed by atoms with Crippen molar-refractivity contribution in [2.24, 2.45) is 0 Å². The van der Waals surface area contributed by atoms with E-state index in [1.807, 2.05) is 33.8 Å². The van der Waals surface area contributed by atoms with E-state index >= 15 is 0 Å². The topological polar surface area (TPSA) is 67.3 Å². The molecule has 0 amide bonds. The molecule has 0 aromatic carbocycles. The molecule has 0 radical (unpaired) electrons. The summed E-state index contributed by atoms with van der Waals surface area (Å²) in [7, 11) is 0. The molecule has 1 aromatic rings. The largest absolute Gasteiger partial charge is 0.478 e. The molecule has 0 bridgehead atoms. The van der Waals surface area contributed by atoms with Crippen LogP contribution < -0.4 is 10.1 Å². The molecular formula is C13H23N3O2. The molecule has 0 saturated carbocycles. The number of ether oxygens (including phenoxy) is 1. The molecule has 0 saturated heterocycles. The van der Waals surface area contributed by atoms with Gasteiger partial charge >= 0.3 is 0 Å². The number of aromatic nitrogens is 2. The second kappa shape index (κ2) is 6.54. The van der Waals surface area contributed by atoms with Crippen LogP contribution in [0.1, 0.15) is 39.3 Å². The minimum Gasteiger partial charge on any atom is -0.478 e. The van der Waals surface area contributed by atoms with Gasteiger partial charge in [0.2, 0.25) is 11.8 Å². The number of aryl methyl sites for hydroxylation is 1. The molecule has 1 unspecified atom stereocenters. The van der Waals surface area contributed by atoms with Crippen LogP contribution in [0.15, 0.2) is 6.07 Å². The lowest BCUT2D eigenvalue weighted by molar-refractivity contribution is 0.218. The maximum absolute atomic E-state index is 9.38. The highest BCUT2D eigenvalue weighted by molar-refractivity contribution is 5.33. The zero-order valence-corrected chi connectivity index (χ0v) is 11.7. The molecule has 0 fully saturated rings. The van der Waals surface area contributed by atoms with Gasteiger partial charge in [-0.3, -0.25) is 0 Å². The molecule has 1 aromatic heterocycles. The van der Waals surface area contributed by atoms with Gasteiger partial charge in [0, 0.05) is 11.8 Å². The van der Waals surface area contributed by atoms with Crippen LogP contribution in [-0.4, -0.2) is 33.8 Å². The third-order valence-electron chi connectivity index (χ3n) is 2.83. The minimum absolute atomic E-state index is 0.0337. The van der Waals surface area contributed by atoms with Crippen molar-refractivity contribution < 1.29 is 9.84 Å². The molecule has 1 atom stereocenters. The van der Waals surface area contributed by atoms with Gasteiger partial charge in [-0.05, 0) is 26.7 Å². The third-order valence-corrected chi connectivity index (χ3v) is 2.83. The summed E-state index contributed by atoms with van der Waals surface area (Å²) in [5, 5.41) is 12.5. The lowest BCUT2D eigenvalue weighted by Gasteiger charge is -2.27. The Labute approximate surface area is 109 Å². The standard InChI is InChI=1S/C13H23N3O2/c1-5-7-18-11-8-10(3)14-12(15-11)16-13(4,6-2)9-17/h8,17H,5-7,9H2,1-4H3,(H,14,15,16). The van der Waals surface area contributed by atoms with E-state index in [-0.39, 0.29) is 6.61 Å². The van der Waals surface area contributed by atoms with E-state index < -0.39 is 5.54 Å². The van der Waals surface area contributed by atoms with Crippen molar-refractivity contribution in [1.82, 2.24) is 9.97 Å². The van der Waals surface area contributed by atoms with Crippen LogP contribution in [-0.2, 0) is 0 Å². The highest BCUT2D eigenvalue weighted by Crippen LogP contribution is 2.18. The van der Waals surface area contributed by atoms with Crippen LogP contribution in [0.25, 0.3) is 0 Å². The fourth-order valence-corrected chi connectivity index (χ4v) is 1.39. The summed E-state index contributed by atoms with van der Waals surface area (Å²) in [5.74, 6) is 1.07. The van der Waals surface area contributed by atoms with E-state index in [2.05, 4.69) is 15.3 Å². The molecular weight excluding hydrogens is 230 g/mol. The third kappa shape index (κ3) is 4.14. The summed E-state index contributed by atoms with van der Waals surface area (Å²) < 4.78 is 5.50. The Balaban J connectivity index is 2.85. The molecule has 5 heteroatoms. The predicted octanol–water partition coefficient (Wildman–Crippen LogP) is 2.15. The molecule has 1 heterocycles. The second-order valence-corrected chi connectivity index (χ2v) is 4.72. The smallest absolute Gasteiger partial charge is 0.226 e. The van der Waals surface area contributed by atoms with Crippen molar-refractivity contribution >= 4 is 5.95 Å².